The molecule has 2 aromatic heterocycles. The molecule has 0 aromatic carbocycles. The van der Waals surface area contributed by atoms with Crippen LogP contribution in [0.1, 0.15) is 22.8 Å². The highest BCUT2D eigenvalue weighted by molar-refractivity contribution is 7.17. The van der Waals surface area contributed by atoms with Gasteiger partial charge in [-0.05, 0) is 13.8 Å². The van der Waals surface area contributed by atoms with Gasteiger partial charge in [0.15, 0.2) is 0 Å². The number of nitrogens with zero attached hydrogens (tertiary/aromatic N) is 2. The van der Waals surface area contributed by atoms with Gasteiger partial charge in [0.05, 0.1) is 12.6 Å². The van der Waals surface area contributed by atoms with Gasteiger partial charge in [0.2, 0.25) is 0 Å². The summed E-state index contributed by atoms with van der Waals surface area (Å²) in [6, 6.07) is 0. The summed E-state index contributed by atoms with van der Waals surface area (Å²) >= 11 is 1.69. The summed E-state index contributed by atoms with van der Waals surface area (Å²) < 4.78 is 2.04. The Labute approximate surface area is 91.2 Å². The number of carbonyl (C=O) groups is 1. The molecule has 5 heteroatoms. The Morgan fingerprint density at radius 1 is 1.60 bits per heavy atom. The van der Waals surface area contributed by atoms with E-state index in [4.69, 9.17) is 5.11 Å². The Hall–Kier alpha value is -1.36. The highest BCUT2D eigenvalue weighted by Crippen LogP contribution is 2.23. The average molecular weight is 224 g/mol. The number of carboxylic acid groups (broad SMARTS) is 1. The van der Waals surface area contributed by atoms with Crippen molar-refractivity contribution in [3.05, 3.63) is 22.6 Å². The van der Waals surface area contributed by atoms with Gasteiger partial charge in [-0.25, -0.2) is 4.98 Å². The van der Waals surface area contributed by atoms with Gasteiger partial charge < -0.3 is 5.11 Å². The van der Waals surface area contributed by atoms with Crippen LogP contribution in [0.25, 0.3) is 4.83 Å². The zero-order valence-electron chi connectivity index (χ0n) is 8.65. The zero-order chi connectivity index (χ0) is 11.0. The smallest absolute Gasteiger partial charge is 0.303 e. The minimum atomic E-state index is -0.781. The number of rotatable bonds is 3. The molecule has 2 aromatic rings. The van der Waals surface area contributed by atoms with Gasteiger partial charge in [-0.15, -0.1) is 11.3 Å². The molecule has 0 bridgehead atoms. The van der Waals surface area contributed by atoms with Crippen molar-refractivity contribution < 1.29 is 9.90 Å². The Morgan fingerprint density at radius 3 is 3.00 bits per heavy atom. The highest BCUT2D eigenvalue weighted by atomic mass is 32.1. The van der Waals surface area contributed by atoms with Crippen molar-refractivity contribution in [3.8, 4) is 0 Å². The van der Waals surface area contributed by atoms with Crippen LogP contribution in [0.3, 0.4) is 0 Å². The van der Waals surface area contributed by atoms with E-state index in [0.717, 1.165) is 16.3 Å². The van der Waals surface area contributed by atoms with E-state index in [1.54, 1.807) is 11.3 Å². The predicted molar refractivity (Wildman–Crippen MR) is 58.5 cm³/mol. The lowest BCUT2D eigenvalue weighted by atomic mass is 10.3. The molecule has 2 rings (SSSR count). The van der Waals surface area contributed by atoms with Gasteiger partial charge >= 0.3 is 5.97 Å². The van der Waals surface area contributed by atoms with Gasteiger partial charge in [0, 0.05) is 17.0 Å². The maximum atomic E-state index is 10.5. The maximum Gasteiger partial charge on any atom is 0.303 e. The van der Waals surface area contributed by atoms with Gasteiger partial charge in [0.25, 0.3) is 0 Å². The van der Waals surface area contributed by atoms with Crippen LogP contribution in [-0.4, -0.2) is 20.5 Å². The van der Waals surface area contributed by atoms with Crippen LogP contribution in [0.5, 0.6) is 0 Å². The second-order valence-electron chi connectivity index (χ2n) is 3.49. The lowest BCUT2D eigenvalue weighted by Gasteiger charge is -1.98. The average Bonchev–Trinajstić information content (AvgIpc) is 2.67. The summed E-state index contributed by atoms with van der Waals surface area (Å²) in [5.41, 5.74) is 1.16. The summed E-state index contributed by atoms with van der Waals surface area (Å²) in [4.78, 5) is 17.1. The maximum absolute atomic E-state index is 10.5. The van der Waals surface area contributed by atoms with Gasteiger partial charge in [0.1, 0.15) is 10.7 Å². The molecule has 0 unspecified atom stereocenters. The molecule has 2 heterocycles. The monoisotopic (exact) mass is 224 g/mol. The Balaban J connectivity index is 2.38. The molecule has 4 nitrogen and oxygen atoms in total. The second kappa shape index (κ2) is 3.66. The topological polar surface area (TPSA) is 54.6 Å². The largest absolute Gasteiger partial charge is 0.481 e. The van der Waals surface area contributed by atoms with Gasteiger partial charge in [-0.3, -0.25) is 9.20 Å². The third-order valence-corrected chi connectivity index (χ3v) is 3.57. The molecule has 0 aliphatic carbocycles. The molecule has 0 fully saturated rings. The number of fused-ring (bicyclic) bond motifs is 1. The summed E-state index contributed by atoms with van der Waals surface area (Å²) in [6.07, 6.45) is 2.43. The van der Waals surface area contributed by atoms with Crippen LogP contribution in [0.15, 0.2) is 6.20 Å². The summed E-state index contributed by atoms with van der Waals surface area (Å²) in [6.45, 7) is 4.10. The van der Waals surface area contributed by atoms with Crippen LogP contribution < -0.4 is 0 Å². The van der Waals surface area contributed by atoms with Crippen molar-refractivity contribution in [3.63, 3.8) is 0 Å². The molecule has 0 atom stereocenters. The summed E-state index contributed by atoms with van der Waals surface area (Å²) in [5.74, 6) is 0.0607. The molecule has 15 heavy (non-hydrogen) atoms. The van der Waals surface area contributed by atoms with Crippen molar-refractivity contribution in [1.29, 1.82) is 0 Å². The first-order chi connectivity index (χ1) is 7.09. The molecular formula is C10H12N2O2S. The van der Waals surface area contributed by atoms with Crippen LogP contribution >= 0.6 is 11.3 Å². The lowest BCUT2D eigenvalue weighted by molar-refractivity contribution is -0.137. The number of carboxylic acids is 1. The van der Waals surface area contributed by atoms with Crippen LogP contribution in [0, 0.1) is 13.8 Å². The molecule has 0 spiro atoms. The molecule has 0 amide bonds. The third kappa shape index (κ3) is 1.74. The lowest BCUT2D eigenvalue weighted by Crippen LogP contribution is -2.02. The molecule has 0 radical (unpaired) electrons. The van der Waals surface area contributed by atoms with Crippen LogP contribution in [0.4, 0.5) is 0 Å². The van der Waals surface area contributed by atoms with E-state index in [-0.39, 0.29) is 6.42 Å². The van der Waals surface area contributed by atoms with E-state index in [2.05, 4.69) is 11.9 Å². The number of hydrogen-bond donors (Lipinski definition) is 1. The number of thiazole rings is 1. The standard InChI is InChI=1S/C10H12N2O2S/c1-6-7(2)15-9-5-11-8(12(6)9)3-4-10(13)14/h5H,3-4H2,1-2H3,(H,13,14). The second-order valence-corrected chi connectivity index (χ2v) is 4.72. The SMILES string of the molecule is Cc1sc2cnc(CCC(=O)O)n2c1C. The van der Waals surface area contributed by atoms with Crippen molar-refractivity contribution >= 4 is 22.1 Å². The molecule has 0 aliphatic rings. The Kier molecular flexibility index (Phi) is 2.48. The molecule has 0 aliphatic heterocycles. The minimum absolute atomic E-state index is 0.132. The fourth-order valence-corrected chi connectivity index (χ4v) is 2.58. The number of aromatic nitrogens is 2. The first kappa shape index (κ1) is 10.2. The fraction of sp³-hybridized carbons (Fsp3) is 0.400. The third-order valence-electron chi connectivity index (χ3n) is 2.47. The van der Waals surface area contributed by atoms with Crippen molar-refractivity contribution in [1.82, 2.24) is 9.38 Å². The van der Waals surface area contributed by atoms with E-state index in [9.17, 15) is 4.79 Å². The molecule has 1 N–H and O–H groups in total. The summed E-state index contributed by atoms with van der Waals surface area (Å²) in [5, 5.41) is 8.62. The van der Waals surface area contributed by atoms with Crippen molar-refractivity contribution in [2.75, 3.05) is 0 Å². The van der Waals surface area contributed by atoms with E-state index in [1.165, 1.54) is 4.88 Å². The summed E-state index contributed by atoms with van der Waals surface area (Å²) in [7, 11) is 0. The number of imidazole rings is 1. The number of aliphatic carboxylic acids is 1. The van der Waals surface area contributed by atoms with Crippen LogP contribution in [-0.2, 0) is 11.2 Å². The van der Waals surface area contributed by atoms with E-state index >= 15 is 0 Å². The van der Waals surface area contributed by atoms with Crippen molar-refractivity contribution in [2.24, 2.45) is 0 Å². The Bertz CT molecular complexity index is 513. The van der Waals surface area contributed by atoms with E-state index in [1.807, 2.05) is 17.5 Å². The van der Waals surface area contributed by atoms with Crippen LogP contribution in [0.2, 0.25) is 0 Å². The van der Waals surface area contributed by atoms with Gasteiger partial charge in [-0.1, -0.05) is 0 Å². The predicted octanol–water partition coefficient (Wildman–Crippen LogP) is 2.03. The first-order valence-electron chi connectivity index (χ1n) is 4.73. The number of aryl methyl sites for hydroxylation is 3. The molecule has 0 saturated carbocycles. The van der Waals surface area contributed by atoms with Gasteiger partial charge in [-0.2, -0.15) is 0 Å². The fourth-order valence-electron chi connectivity index (χ4n) is 1.59. The number of hydrogen-bond acceptors (Lipinski definition) is 3. The molecular weight excluding hydrogens is 212 g/mol. The minimum Gasteiger partial charge on any atom is -0.481 e. The normalized spacial score (nSPS) is 11.1. The Morgan fingerprint density at radius 2 is 2.33 bits per heavy atom. The molecule has 80 valence electrons. The molecule has 0 saturated heterocycles. The van der Waals surface area contributed by atoms with E-state index in [0.29, 0.717) is 6.42 Å². The van der Waals surface area contributed by atoms with Crippen molar-refractivity contribution in [2.45, 2.75) is 26.7 Å². The quantitative estimate of drug-likeness (QED) is 0.867. The first-order valence-corrected chi connectivity index (χ1v) is 5.55. The highest BCUT2D eigenvalue weighted by Gasteiger charge is 2.11. The van der Waals surface area contributed by atoms with E-state index < -0.39 is 5.97 Å². The zero-order valence-corrected chi connectivity index (χ0v) is 9.47.